The average molecular weight is 1050 g/mol. The van der Waals surface area contributed by atoms with E-state index >= 15 is 26.3 Å². The van der Waals surface area contributed by atoms with E-state index in [1.165, 1.54) is 12.1 Å². The lowest BCUT2D eigenvalue weighted by atomic mass is 9.89. The van der Waals surface area contributed by atoms with Crippen LogP contribution in [0, 0.1) is 56.7 Å². The van der Waals surface area contributed by atoms with Gasteiger partial charge in [0, 0.05) is 32.7 Å². The Morgan fingerprint density at radius 1 is 0.300 bits per heavy atom. The SMILES string of the molecule is N#Cc1ccc(-c2ccc3c(c2)c2cc(-c4ccc(C#N)cc4)ccc2n3-c2cc(C#N)c(-c3c(C(F)(F)F)cccc3C(F)(F)F)cc2-n2c3ccc(-c4ccc(C#N)cc4)cc3c3cc(-c4ccc(C#N)cc4)ccc32)cc1. The second kappa shape index (κ2) is 19.1. The first-order chi connectivity index (χ1) is 38.7. The summed E-state index contributed by atoms with van der Waals surface area (Å²) in [5, 5.41) is 52.2. The zero-order chi connectivity index (χ0) is 55.6. The third-order valence-electron chi connectivity index (χ3n) is 14.6. The highest BCUT2D eigenvalue weighted by atomic mass is 19.4. The highest BCUT2D eigenvalue weighted by molar-refractivity contribution is 6.14. The van der Waals surface area contributed by atoms with Gasteiger partial charge in [-0.3, -0.25) is 0 Å². The van der Waals surface area contributed by atoms with Crippen molar-refractivity contribution in [3.63, 3.8) is 0 Å². The third-order valence-corrected chi connectivity index (χ3v) is 14.6. The van der Waals surface area contributed by atoms with E-state index in [1.807, 2.05) is 132 Å². The minimum Gasteiger partial charge on any atom is -0.307 e. The number of nitriles is 5. The van der Waals surface area contributed by atoms with Crippen LogP contribution in [0.4, 0.5) is 26.3 Å². The molecular weight excluding hydrogens is 1020 g/mol. The molecular formula is C67H33F6N7. The fourth-order valence-electron chi connectivity index (χ4n) is 10.8. The van der Waals surface area contributed by atoms with Crippen molar-refractivity contribution in [3.8, 4) is 97.4 Å². The number of halogens is 6. The maximum atomic E-state index is 15.3. The van der Waals surface area contributed by atoms with E-state index in [1.54, 1.807) is 53.1 Å². The summed E-state index contributed by atoms with van der Waals surface area (Å²) in [6, 6.07) is 65.9. The van der Waals surface area contributed by atoms with Gasteiger partial charge in [-0.25, -0.2) is 0 Å². The molecule has 0 aliphatic heterocycles. The minimum absolute atomic E-state index is 0.132. The maximum absolute atomic E-state index is 15.3. The fourth-order valence-corrected chi connectivity index (χ4v) is 10.8. The molecule has 0 aliphatic rings. The number of rotatable bonds is 7. The molecule has 12 rings (SSSR count). The summed E-state index contributed by atoms with van der Waals surface area (Å²) in [7, 11) is 0. The van der Waals surface area contributed by atoms with Crippen LogP contribution in [-0.2, 0) is 12.4 Å². The van der Waals surface area contributed by atoms with Gasteiger partial charge in [0.1, 0.15) is 0 Å². The van der Waals surface area contributed by atoms with Crippen molar-refractivity contribution in [2.75, 3.05) is 0 Å². The highest BCUT2D eigenvalue weighted by Gasteiger charge is 2.42. The Balaban J connectivity index is 1.23. The summed E-state index contributed by atoms with van der Waals surface area (Å²) in [6.45, 7) is 0. The molecule has 12 aromatic rings. The molecule has 0 N–H and O–H groups in total. The van der Waals surface area contributed by atoms with Gasteiger partial charge in [-0.2, -0.15) is 52.7 Å². The summed E-state index contributed by atoms with van der Waals surface area (Å²) in [6.07, 6.45) is -10.6. The van der Waals surface area contributed by atoms with Crippen LogP contribution < -0.4 is 0 Å². The Labute approximate surface area is 452 Å². The molecule has 0 unspecified atom stereocenters. The van der Waals surface area contributed by atoms with Gasteiger partial charge < -0.3 is 9.13 Å². The zero-order valence-electron chi connectivity index (χ0n) is 41.5. The molecule has 0 saturated heterocycles. The van der Waals surface area contributed by atoms with E-state index in [2.05, 4.69) is 24.3 Å². The molecule has 7 nitrogen and oxygen atoms in total. The Bertz CT molecular complexity index is 4500. The number of aromatic nitrogens is 2. The summed E-state index contributed by atoms with van der Waals surface area (Å²) in [5.41, 5.74) is 5.13. The highest BCUT2D eigenvalue weighted by Crippen LogP contribution is 2.49. The summed E-state index contributed by atoms with van der Waals surface area (Å²) in [4.78, 5) is 0. The van der Waals surface area contributed by atoms with Crippen LogP contribution in [0.15, 0.2) is 200 Å². The van der Waals surface area contributed by atoms with Crippen LogP contribution in [0.3, 0.4) is 0 Å². The van der Waals surface area contributed by atoms with Gasteiger partial charge in [-0.05, 0) is 166 Å². The van der Waals surface area contributed by atoms with Crippen molar-refractivity contribution in [1.82, 2.24) is 9.13 Å². The van der Waals surface area contributed by atoms with Crippen molar-refractivity contribution < 1.29 is 26.3 Å². The molecule has 10 aromatic carbocycles. The van der Waals surface area contributed by atoms with Gasteiger partial charge >= 0.3 is 12.4 Å². The molecule has 0 aliphatic carbocycles. The first-order valence-electron chi connectivity index (χ1n) is 24.7. The van der Waals surface area contributed by atoms with Crippen molar-refractivity contribution in [3.05, 3.63) is 239 Å². The van der Waals surface area contributed by atoms with Crippen LogP contribution in [0.1, 0.15) is 38.9 Å². The number of nitrogens with zero attached hydrogens (tertiary/aromatic N) is 7. The Kier molecular flexibility index (Phi) is 11.9. The number of fused-ring (bicyclic) bond motifs is 6. The van der Waals surface area contributed by atoms with E-state index in [-0.39, 0.29) is 11.4 Å². The molecule has 0 saturated carbocycles. The predicted octanol–water partition coefficient (Wildman–Crippen LogP) is 17.6. The molecule has 0 fully saturated rings. The van der Waals surface area contributed by atoms with Crippen molar-refractivity contribution in [2.24, 2.45) is 0 Å². The normalized spacial score (nSPS) is 11.6. The summed E-state index contributed by atoms with van der Waals surface area (Å²) >= 11 is 0. The van der Waals surface area contributed by atoms with Gasteiger partial charge in [0.25, 0.3) is 0 Å². The first-order valence-corrected chi connectivity index (χ1v) is 24.7. The number of alkyl halides is 6. The van der Waals surface area contributed by atoms with Crippen LogP contribution >= 0.6 is 0 Å². The molecule has 2 aromatic heterocycles. The van der Waals surface area contributed by atoms with Gasteiger partial charge in [-0.1, -0.05) is 78.9 Å². The minimum atomic E-state index is -5.29. The van der Waals surface area contributed by atoms with E-state index < -0.39 is 40.2 Å². The lowest BCUT2D eigenvalue weighted by Crippen LogP contribution is -2.15. The molecule has 378 valence electrons. The van der Waals surface area contributed by atoms with Gasteiger partial charge in [0.05, 0.1) is 103 Å². The molecule has 0 amide bonds. The summed E-state index contributed by atoms with van der Waals surface area (Å²) < 4.78 is 95.4. The molecule has 80 heavy (non-hydrogen) atoms. The monoisotopic (exact) mass is 1050 g/mol. The topological polar surface area (TPSA) is 129 Å². The molecule has 0 spiro atoms. The quantitative estimate of drug-likeness (QED) is 0.147. The third kappa shape index (κ3) is 8.48. The Morgan fingerprint density at radius 2 is 0.575 bits per heavy atom. The van der Waals surface area contributed by atoms with Crippen LogP contribution in [-0.4, -0.2) is 9.13 Å². The first kappa shape index (κ1) is 49.7. The van der Waals surface area contributed by atoms with E-state index in [4.69, 9.17) is 0 Å². The Hall–Kier alpha value is -11.2. The number of hydrogen-bond donors (Lipinski definition) is 0. The molecule has 0 atom stereocenters. The van der Waals surface area contributed by atoms with Crippen molar-refractivity contribution >= 4 is 43.6 Å². The molecule has 2 heterocycles. The molecule has 0 radical (unpaired) electrons. The number of benzene rings is 10. The van der Waals surface area contributed by atoms with E-state index in [0.717, 1.165) is 44.5 Å². The average Bonchev–Trinajstić information content (AvgIpc) is 4.09. The lowest BCUT2D eigenvalue weighted by molar-refractivity contribution is -0.142. The van der Waals surface area contributed by atoms with E-state index in [0.29, 0.717) is 84.1 Å². The molecule has 13 heteroatoms. The van der Waals surface area contributed by atoms with Crippen LogP contribution in [0.25, 0.3) is 111 Å². The van der Waals surface area contributed by atoms with Crippen molar-refractivity contribution in [2.45, 2.75) is 12.4 Å². The van der Waals surface area contributed by atoms with Gasteiger partial charge in [0.2, 0.25) is 0 Å². The summed E-state index contributed by atoms with van der Waals surface area (Å²) in [5.74, 6) is 0. The van der Waals surface area contributed by atoms with Crippen LogP contribution in [0.5, 0.6) is 0 Å². The second-order valence-corrected chi connectivity index (χ2v) is 19.1. The van der Waals surface area contributed by atoms with Gasteiger partial charge in [-0.15, -0.1) is 0 Å². The second-order valence-electron chi connectivity index (χ2n) is 19.1. The van der Waals surface area contributed by atoms with E-state index in [9.17, 15) is 26.3 Å². The zero-order valence-corrected chi connectivity index (χ0v) is 41.5. The smallest absolute Gasteiger partial charge is 0.307 e. The number of hydrogen-bond acceptors (Lipinski definition) is 5. The van der Waals surface area contributed by atoms with Crippen molar-refractivity contribution in [1.29, 1.82) is 26.3 Å². The van der Waals surface area contributed by atoms with Gasteiger partial charge in [0.15, 0.2) is 0 Å². The Morgan fingerprint density at radius 3 is 0.838 bits per heavy atom. The molecule has 0 bridgehead atoms. The fraction of sp³-hybridized carbons (Fsp3) is 0.0299. The lowest BCUT2D eigenvalue weighted by Gasteiger charge is -2.23. The standard InChI is InChI=1S/C67H33F6N7/c68-66(69,70)57-2-1-3-58(67(71,72)73)65(57)52-33-64(80-61-26-22-49(45-16-8-41(36-76)9-17-45)30-55(61)56-31-50(23-27-62(56)80)46-18-10-42(37-77)11-19-46)63(32-51(52)38-78)79-59-24-20-47(43-12-4-39(34-74)5-13-43)28-53(59)54-29-48(21-25-60(54)79)44-14-6-40(35-75)7-15-44/h1-33H. The van der Waals surface area contributed by atoms with Crippen LogP contribution in [0.2, 0.25) is 0 Å². The maximum Gasteiger partial charge on any atom is 0.417 e. The largest absolute Gasteiger partial charge is 0.417 e. The predicted molar refractivity (Wildman–Crippen MR) is 296 cm³/mol.